The fourth-order valence-electron chi connectivity index (χ4n) is 1.40. The maximum atomic E-state index is 11.7. The number of alkyl carbamates (subject to hydrolysis) is 1. The first-order valence-corrected chi connectivity index (χ1v) is 8.24. The van der Waals surface area contributed by atoms with Crippen molar-refractivity contribution in [3.05, 3.63) is 22.6 Å². The summed E-state index contributed by atoms with van der Waals surface area (Å²) in [4.78, 5) is 11.7. The van der Waals surface area contributed by atoms with Gasteiger partial charge in [0.2, 0.25) is 0 Å². The highest BCUT2D eigenvalue weighted by molar-refractivity contribution is 9.10. The second-order valence-corrected chi connectivity index (χ2v) is 7.34. The van der Waals surface area contributed by atoms with Gasteiger partial charge in [-0.25, -0.2) is 4.79 Å². The number of amides is 1. The van der Waals surface area contributed by atoms with Gasteiger partial charge in [-0.2, -0.15) is 0 Å². The van der Waals surface area contributed by atoms with Crippen LogP contribution < -0.4 is 5.32 Å². The topological polar surface area (TPSA) is 68.5 Å². The summed E-state index contributed by atoms with van der Waals surface area (Å²) in [7, 11) is -1.07. The normalized spacial score (nSPS) is 14.8. The highest BCUT2D eigenvalue weighted by atomic mass is 79.9. The van der Waals surface area contributed by atoms with Gasteiger partial charge in [-0.05, 0) is 48.8 Å². The molecule has 5 nitrogen and oxygen atoms in total. The maximum absolute atomic E-state index is 11.7. The lowest BCUT2D eigenvalue weighted by Crippen LogP contribution is -2.36. The standard InChI is InChI=1S/C12H18BrNO4S/c1-12(2,3)18-11(15)14-8(7-19(4)16)9-5-6-10(13)17-9/h5-6,8H,7H2,1-4H3,(H,14,15). The molecule has 108 valence electrons. The second-order valence-electron chi connectivity index (χ2n) is 5.08. The maximum Gasteiger partial charge on any atom is 0.408 e. The zero-order chi connectivity index (χ0) is 14.6. The molecule has 0 aromatic carbocycles. The predicted octanol–water partition coefficient (Wildman–Crippen LogP) is 2.99. The fraction of sp³-hybridized carbons (Fsp3) is 0.583. The Bertz CT molecular complexity index is 467. The summed E-state index contributed by atoms with van der Waals surface area (Å²) in [5.74, 6) is 0.798. The monoisotopic (exact) mass is 351 g/mol. The van der Waals surface area contributed by atoms with Gasteiger partial charge in [0.1, 0.15) is 17.4 Å². The van der Waals surface area contributed by atoms with Crippen LogP contribution in [0.2, 0.25) is 0 Å². The summed E-state index contributed by atoms with van der Waals surface area (Å²) >= 11 is 3.20. The van der Waals surface area contributed by atoms with Gasteiger partial charge in [0.05, 0.1) is 5.75 Å². The first-order chi connectivity index (χ1) is 8.67. The molecule has 0 saturated heterocycles. The van der Waals surface area contributed by atoms with Crippen LogP contribution in [0, 0.1) is 0 Å². The Morgan fingerprint density at radius 3 is 2.58 bits per heavy atom. The first kappa shape index (κ1) is 16.2. The summed E-state index contributed by atoms with van der Waals surface area (Å²) in [5, 5.41) is 2.67. The van der Waals surface area contributed by atoms with E-state index in [0.717, 1.165) is 0 Å². The third kappa shape index (κ3) is 6.24. The Hall–Kier alpha value is -0.820. The van der Waals surface area contributed by atoms with Gasteiger partial charge in [0.25, 0.3) is 0 Å². The average Bonchev–Trinajstić information content (AvgIpc) is 2.60. The molecule has 0 radical (unpaired) electrons. The average molecular weight is 352 g/mol. The van der Waals surface area contributed by atoms with Crippen molar-refractivity contribution in [1.82, 2.24) is 5.32 Å². The van der Waals surface area contributed by atoms with E-state index in [4.69, 9.17) is 9.15 Å². The molecule has 0 fully saturated rings. The molecule has 2 atom stereocenters. The van der Waals surface area contributed by atoms with Crippen LogP contribution in [0.1, 0.15) is 32.6 Å². The molecule has 0 spiro atoms. The van der Waals surface area contributed by atoms with E-state index in [0.29, 0.717) is 10.4 Å². The molecule has 2 unspecified atom stereocenters. The number of carbonyl (C=O) groups excluding carboxylic acids is 1. The number of ether oxygens (including phenoxy) is 1. The Balaban J connectivity index is 2.76. The number of carbonyl (C=O) groups is 1. The smallest absolute Gasteiger partial charge is 0.408 e. The minimum absolute atomic E-state index is 0.263. The highest BCUT2D eigenvalue weighted by Gasteiger charge is 2.23. The number of nitrogens with one attached hydrogen (secondary N) is 1. The van der Waals surface area contributed by atoms with E-state index in [9.17, 15) is 9.00 Å². The highest BCUT2D eigenvalue weighted by Crippen LogP contribution is 2.21. The van der Waals surface area contributed by atoms with Crippen molar-refractivity contribution >= 4 is 32.8 Å². The van der Waals surface area contributed by atoms with Gasteiger partial charge >= 0.3 is 6.09 Å². The SMILES string of the molecule is CS(=O)CC(NC(=O)OC(C)(C)C)c1ccc(Br)o1. The zero-order valence-electron chi connectivity index (χ0n) is 11.4. The molecule has 1 aromatic rings. The van der Waals surface area contributed by atoms with Crippen molar-refractivity contribution in [2.45, 2.75) is 32.4 Å². The number of rotatable bonds is 4. The number of halogens is 1. The van der Waals surface area contributed by atoms with E-state index in [-0.39, 0.29) is 5.75 Å². The van der Waals surface area contributed by atoms with Crippen LogP contribution in [0.4, 0.5) is 4.79 Å². The van der Waals surface area contributed by atoms with Crippen LogP contribution in [0.5, 0.6) is 0 Å². The van der Waals surface area contributed by atoms with Crippen LogP contribution in [0.3, 0.4) is 0 Å². The third-order valence-corrected chi connectivity index (χ3v) is 3.26. The summed E-state index contributed by atoms with van der Waals surface area (Å²) in [6, 6.07) is 2.96. The number of hydrogen-bond acceptors (Lipinski definition) is 4. The largest absolute Gasteiger partial charge is 0.452 e. The van der Waals surface area contributed by atoms with E-state index in [1.165, 1.54) is 0 Å². The van der Waals surface area contributed by atoms with E-state index in [1.54, 1.807) is 39.2 Å². The minimum Gasteiger partial charge on any atom is -0.452 e. The van der Waals surface area contributed by atoms with Gasteiger partial charge < -0.3 is 14.5 Å². The van der Waals surface area contributed by atoms with Crippen LogP contribution in [0.25, 0.3) is 0 Å². The second kappa shape index (κ2) is 6.56. The van der Waals surface area contributed by atoms with E-state index < -0.39 is 28.5 Å². The van der Waals surface area contributed by atoms with Crippen LogP contribution in [-0.4, -0.2) is 27.9 Å². The van der Waals surface area contributed by atoms with Crippen LogP contribution in [-0.2, 0) is 15.5 Å². The van der Waals surface area contributed by atoms with Gasteiger partial charge in [-0.15, -0.1) is 0 Å². The van der Waals surface area contributed by atoms with Crippen molar-refractivity contribution in [3.63, 3.8) is 0 Å². The van der Waals surface area contributed by atoms with Crippen molar-refractivity contribution < 1.29 is 18.2 Å². The van der Waals surface area contributed by atoms with E-state index in [2.05, 4.69) is 21.2 Å². The van der Waals surface area contributed by atoms with Gasteiger partial charge in [-0.3, -0.25) is 4.21 Å². The van der Waals surface area contributed by atoms with Crippen LogP contribution in [0.15, 0.2) is 21.2 Å². The molecule has 1 aromatic heterocycles. The van der Waals surface area contributed by atoms with E-state index in [1.807, 2.05) is 0 Å². The molecule has 0 saturated carbocycles. The quantitative estimate of drug-likeness (QED) is 0.905. The summed E-state index contributed by atoms with van der Waals surface area (Å²) in [6.45, 7) is 5.34. The number of hydrogen-bond donors (Lipinski definition) is 1. The molecule has 1 amide bonds. The van der Waals surface area contributed by atoms with Gasteiger partial charge in [0.15, 0.2) is 4.67 Å². The van der Waals surface area contributed by atoms with Crippen molar-refractivity contribution in [1.29, 1.82) is 0 Å². The summed E-state index contributed by atoms with van der Waals surface area (Å²) in [6.07, 6.45) is 1.01. The van der Waals surface area contributed by atoms with Crippen LogP contribution >= 0.6 is 15.9 Å². The molecule has 7 heteroatoms. The molecule has 0 bridgehead atoms. The lowest BCUT2D eigenvalue weighted by molar-refractivity contribution is 0.0503. The summed E-state index contributed by atoms with van der Waals surface area (Å²) in [5.41, 5.74) is -0.580. The van der Waals surface area contributed by atoms with E-state index >= 15 is 0 Å². The Labute approximate surface area is 123 Å². The first-order valence-electron chi connectivity index (χ1n) is 5.72. The lowest BCUT2D eigenvalue weighted by Gasteiger charge is -2.22. The number of furan rings is 1. The van der Waals surface area contributed by atoms with Crippen molar-refractivity contribution in [2.24, 2.45) is 0 Å². The molecule has 0 aliphatic heterocycles. The van der Waals surface area contributed by atoms with Crippen molar-refractivity contribution in [2.75, 3.05) is 12.0 Å². The van der Waals surface area contributed by atoms with Gasteiger partial charge in [0, 0.05) is 17.1 Å². The Morgan fingerprint density at radius 1 is 1.53 bits per heavy atom. The predicted molar refractivity (Wildman–Crippen MR) is 77.5 cm³/mol. The molecule has 1 heterocycles. The molecular formula is C12H18BrNO4S. The molecular weight excluding hydrogens is 334 g/mol. The lowest BCUT2D eigenvalue weighted by atomic mass is 10.2. The minimum atomic E-state index is -1.07. The van der Waals surface area contributed by atoms with Crippen molar-refractivity contribution in [3.8, 4) is 0 Å². The fourth-order valence-corrected chi connectivity index (χ4v) is 2.43. The molecule has 0 aliphatic rings. The molecule has 0 aliphatic carbocycles. The molecule has 19 heavy (non-hydrogen) atoms. The molecule has 1 rings (SSSR count). The third-order valence-electron chi connectivity index (χ3n) is 2.03. The Kier molecular flexibility index (Phi) is 5.61. The molecule has 1 N–H and O–H groups in total. The summed E-state index contributed by atoms with van der Waals surface area (Å²) < 4.78 is 22.5. The zero-order valence-corrected chi connectivity index (χ0v) is 13.8. The van der Waals surface area contributed by atoms with Gasteiger partial charge in [-0.1, -0.05) is 0 Å². The Morgan fingerprint density at radius 2 is 2.16 bits per heavy atom.